The van der Waals surface area contributed by atoms with Gasteiger partial charge < -0.3 is 20.1 Å². The van der Waals surface area contributed by atoms with Crippen LogP contribution in [0.4, 0.5) is 5.69 Å². The lowest BCUT2D eigenvalue weighted by Crippen LogP contribution is -2.27. The molecule has 0 aromatic heterocycles. The van der Waals surface area contributed by atoms with Crippen molar-refractivity contribution < 1.29 is 14.3 Å². The Morgan fingerprint density at radius 1 is 1.29 bits per heavy atom. The number of rotatable bonds is 3. The first-order chi connectivity index (χ1) is 8.15. The summed E-state index contributed by atoms with van der Waals surface area (Å²) in [5.41, 5.74) is 6.55. The van der Waals surface area contributed by atoms with Gasteiger partial charge in [0.15, 0.2) is 11.5 Å². The molecule has 5 nitrogen and oxygen atoms in total. The Morgan fingerprint density at radius 2 is 2.00 bits per heavy atom. The van der Waals surface area contributed by atoms with E-state index in [9.17, 15) is 4.79 Å². The molecule has 0 bridgehead atoms. The molecule has 0 aliphatic carbocycles. The highest BCUT2D eigenvalue weighted by Crippen LogP contribution is 2.32. The van der Waals surface area contributed by atoms with Crippen LogP contribution in [0.25, 0.3) is 0 Å². The van der Waals surface area contributed by atoms with Crippen LogP contribution >= 0.6 is 0 Å². The molecule has 92 valence electrons. The summed E-state index contributed by atoms with van der Waals surface area (Å²) >= 11 is 0. The summed E-state index contributed by atoms with van der Waals surface area (Å²) in [7, 11) is 3.15. The molecule has 1 atom stereocenters. The fourth-order valence-electron chi connectivity index (χ4n) is 1.98. The molecule has 0 saturated carbocycles. The van der Waals surface area contributed by atoms with E-state index in [4.69, 9.17) is 15.2 Å². The number of hydrogen-bond donors (Lipinski definition) is 1. The van der Waals surface area contributed by atoms with Crippen molar-refractivity contribution in [2.75, 3.05) is 25.7 Å². The topological polar surface area (TPSA) is 64.8 Å². The highest BCUT2D eigenvalue weighted by atomic mass is 16.5. The number of carbonyl (C=O) groups is 1. The van der Waals surface area contributed by atoms with Gasteiger partial charge in [0.2, 0.25) is 5.91 Å². The number of nitrogens with zero attached hydrogens (tertiary/aromatic N) is 1. The number of methoxy groups -OCH3 is 2. The van der Waals surface area contributed by atoms with Crippen LogP contribution in [0.5, 0.6) is 11.5 Å². The highest BCUT2D eigenvalue weighted by molar-refractivity contribution is 5.96. The molecule has 1 fully saturated rings. The van der Waals surface area contributed by atoms with Gasteiger partial charge in [-0.15, -0.1) is 0 Å². The number of anilines is 1. The van der Waals surface area contributed by atoms with E-state index in [1.54, 1.807) is 31.3 Å². The minimum atomic E-state index is -0.0874. The number of nitrogens with two attached hydrogens (primary N) is 1. The van der Waals surface area contributed by atoms with Crippen LogP contribution in [0.1, 0.15) is 6.42 Å². The fraction of sp³-hybridized carbons (Fsp3) is 0.417. The Balaban J connectivity index is 2.30. The average molecular weight is 236 g/mol. The third-order valence-electron chi connectivity index (χ3n) is 2.83. The monoisotopic (exact) mass is 236 g/mol. The van der Waals surface area contributed by atoms with Gasteiger partial charge in [0.25, 0.3) is 0 Å². The van der Waals surface area contributed by atoms with Crippen molar-refractivity contribution in [2.45, 2.75) is 12.5 Å². The third kappa shape index (κ3) is 2.19. The zero-order valence-corrected chi connectivity index (χ0v) is 9.97. The summed E-state index contributed by atoms with van der Waals surface area (Å²) in [6.07, 6.45) is 0.397. The predicted molar refractivity (Wildman–Crippen MR) is 64.5 cm³/mol. The van der Waals surface area contributed by atoms with Gasteiger partial charge in [0.1, 0.15) is 0 Å². The van der Waals surface area contributed by atoms with Gasteiger partial charge in [-0.2, -0.15) is 0 Å². The first kappa shape index (κ1) is 11.7. The number of amides is 1. The van der Waals surface area contributed by atoms with Crippen molar-refractivity contribution in [1.29, 1.82) is 0 Å². The molecular weight excluding hydrogens is 220 g/mol. The van der Waals surface area contributed by atoms with Gasteiger partial charge in [0.05, 0.1) is 14.2 Å². The lowest BCUT2D eigenvalue weighted by molar-refractivity contribution is -0.117. The molecule has 1 heterocycles. The second-order valence-electron chi connectivity index (χ2n) is 4.01. The number of ether oxygens (including phenoxy) is 2. The summed E-state index contributed by atoms with van der Waals surface area (Å²) in [6.45, 7) is 0.550. The van der Waals surface area contributed by atoms with Crippen LogP contribution in [0.2, 0.25) is 0 Å². The van der Waals surface area contributed by atoms with Crippen molar-refractivity contribution >= 4 is 11.6 Å². The molecule has 1 aromatic rings. The molecule has 1 unspecified atom stereocenters. The normalized spacial score (nSPS) is 19.6. The average Bonchev–Trinajstić information content (AvgIpc) is 2.67. The second kappa shape index (κ2) is 4.63. The highest BCUT2D eigenvalue weighted by Gasteiger charge is 2.28. The van der Waals surface area contributed by atoms with E-state index in [0.29, 0.717) is 24.5 Å². The van der Waals surface area contributed by atoms with Crippen LogP contribution in [-0.2, 0) is 4.79 Å². The summed E-state index contributed by atoms with van der Waals surface area (Å²) in [4.78, 5) is 13.4. The number of hydrogen-bond acceptors (Lipinski definition) is 4. The molecule has 1 aromatic carbocycles. The van der Waals surface area contributed by atoms with E-state index >= 15 is 0 Å². The Kier molecular flexibility index (Phi) is 3.19. The van der Waals surface area contributed by atoms with E-state index < -0.39 is 0 Å². The van der Waals surface area contributed by atoms with Crippen molar-refractivity contribution in [2.24, 2.45) is 5.73 Å². The van der Waals surface area contributed by atoms with Crippen LogP contribution < -0.4 is 20.1 Å². The fourth-order valence-corrected chi connectivity index (χ4v) is 1.98. The molecule has 17 heavy (non-hydrogen) atoms. The van der Waals surface area contributed by atoms with Crippen LogP contribution in [-0.4, -0.2) is 32.7 Å². The zero-order chi connectivity index (χ0) is 12.4. The molecule has 0 radical (unpaired) electrons. The van der Waals surface area contributed by atoms with E-state index in [1.807, 2.05) is 6.07 Å². The van der Waals surface area contributed by atoms with Crippen LogP contribution in [0.3, 0.4) is 0 Å². The predicted octanol–water partition coefficient (Wildman–Crippen LogP) is 0.768. The smallest absolute Gasteiger partial charge is 0.228 e. The Labute approximate surface area is 100 Å². The third-order valence-corrected chi connectivity index (χ3v) is 2.83. The lowest BCUT2D eigenvalue weighted by atomic mass is 10.2. The maximum atomic E-state index is 11.7. The summed E-state index contributed by atoms with van der Waals surface area (Å²) in [5, 5.41) is 0. The number of carbonyl (C=O) groups excluding carboxylic acids is 1. The quantitative estimate of drug-likeness (QED) is 0.841. The van der Waals surface area contributed by atoms with Gasteiger partial charge >= 0.3 is 0 Å². The molecule has 2 N–H and O–H groups in total. The summed E-state index contributed by atoms with van der Waals surface area (Å²) in [6, 6.07) is 5.31. The van der Waals surface area contributed by atoms with Crippen LogP contribution in [0, 0.1) is 0 Å². The summed E-state index contributed by atoms with van der Waals surface area (Å²) in [5.74, 6) is 1.30. The maximum absolute atomic E-state index is 11.7. The lowest BCUT2D eigenvalue weighted by Gasteiger charge is -2.18. The molecule has 1 amide bonds. The Bertz CT molecular complexity index is 434. The molecule has 5 heteroatoms. The van der Waals surface area contributed by atoms with Crippen LogP contribution in [0.15, 0.2) is 18.2 Å². The van der Waals surface area contributed by atoms with Gasteiger partial charge in [-0.25, -0.2) is 0 Å². The maximum Gasteiger partial charge on any atom is 0.228 e. The Morgan fingerprint density at radius 3 is 2.53 bits per heavy atom. The number of benzene rings is 1. The minimum Gasteiger partial charge on any atom is -0.493 e. The first-order valence-electron chi connectivity index (χ1n) is 5.43. The van der Waals surface area contributed by atoms with Gasteiger partial charge in [0, 0.05) is 30.8 Å². The summed E-state index contributed by atoms with van der Waals surface area (Å²) < 4.78 is 10.4. The zero-order valence-electron chi connectivity index (χ0n) is 9.97. The molecule has 0 spiro atoms. The Hall–Kier alpha value is -1.75. The van der Waals surface area contributed by atoms with Gasteiger partial charge in [-0.1, -0.05) is 0 Å². The standard InChI is InChI=1S/C12H16N2O3/c1-16-10-4-3-9(6-11(10)17-2)14-7-8(13)5-12(14)15/h3-4,6,8H,5,7,13H2,1-2H3. The van der Waals surface area contributed by atoms with Gasteiger partial charge in [-0.3, -0.25) is 4.79 Å². The molecular formula is C12H16N2O3. The van der Waals surface area contributed by atoms with Crippen molar-refractivity contribution in [3.05, 3.63) is 18.2 Å². The van der Waals surface area contributed by atoms with E-state index in [-0.39, 0.29) is 11.9 Å². The second-order valence-corrected chi connectivity index (χ2v) is 4.01. The van der Waals surface area contributed by atoms with Gasteiger partial charge in [-0.05, 0) is 12.1 Å². The first-order valence-corrected chi connectivity index (χ1v) is 5.43. The molecule has 1 aliphatic rings. The minimum absolute atomic E-state index is 0.0460. The molecule has 2 rings (SSSR count). The van der Waals surface area contributed by atoms with E-state index in [1.165, 1.54) is 0 Å². The molecule has 1 saturated heterocycles. The largest absolute Gasteiger partial charge is 0.493 e. The van der Waals surface area contributed by atoms with Crippen molar-refractivity contribution in [3.63, 3.8) is 0 Å². The van der Waals surface area contributed by atoms with E-state index in [2.05, 4.69) is 0 Å². The SMILES string of the molecule is COc1ccc(N2CC(N)CC2=O)cc1OC. The van der Waals surface area contributed by atoms with Crippen molar-refractivity contribution in [3.8, 4) is 11.5 Å². The van der Waals surface area contributed by atoms with E-state index in [0.717, 1.165) is 5.69 Å². The van der Waals surface area contributed by atoms with Crippen molar-refractivity contribution in [1.82, 2.24) is 0 Å². The molecule has 1 aliphatic heterocycles.